The summed E-state index contributed by atoms with van der Waals surface area (Å²) in [6.07, 6.45) is -1.80. The fourth-order valence-electron chi connectivity index (χ4n) is 1.93. The summed E-state index contributed by atoms with van der Waals surface area (Å²) in [6, 6.07) is 2.11. The summed E-state index contributed by atoms with van der Waals surface area (Å²) in [5.74, 6) is -1.28. The van der Waals surface area contributed by atoms with E-state index in [1.54, 1.807) is 0 Å². The zero-order chi connectivity index (χ0) is 16.6. The second-order valence-corrected chi connectivity index (χ2v) is 4.56. The number of hydrogen-bond acceptors (Lipinski definition) is 5. The Morgan fingerprint density at radius 1 is 1.39 bits per heavy atom. The number of H-pyrrole nitrogens is 1. The lowest BCUT2D eigenvalue weighted by molar-refractivity contribution is -0.141. The second kappa shape index (κ2) is 5.26. The molecule has 0 aliphatic carbocycles. The zero-order valence-electron chi connectivity index (χ0n) is 11.3. The lowest BCUT2D eigenvalue weighted by Crippen LogP contribution is -2.13. The number of aromatic carboxylic acids is 1. The van der Waals surface area contributed by atoms with Gasteiger partial charge in [0.2, 0.25) is 5.95 Å². The van der Waals surface area contributed by atoms with Crippen LogP contribution >= 0.6 is 0 Å². The molecule has 8 nitrogen and oxygen atoms in total. The number of carboxylic acids is 1. The van der Waals surface area contributed by atoms with E-state index in [-0.39, 0.29) is 23.8 Å². The van der Waals surface area contributed by atoms with Crippen molar-refractivity contribution in [2.75, 3.05) is 5.32 Å². The molecular formula is C12H9F3N6O2. The van der Waals surface area contributed by atoms with Gasteiger partial charge in [0.25, 0.3) is 0 Å². The van der Waals surface area contributed by atoms with Gasteiger partial charge >= 0.3 is 12.1 Å². The minimum atomic E-state index is -4.60. The molecule has 3 heterocycles. The predicted molar refractivity (Wildman–Crippen MR) is 70.9 cm³/mol. The molecule has 3 N–H and O–H groups in total. The van der Waals surface area contributed by atoms with E-state index in [0.717, 1.165) is 6.07 Å². The molecule has 0 saturated carbocycles. The second-order valence-electron chi connectivity index (χ2n) is 4.56. The van der Waals surface area contributed by atoms with Gasteiger partial charge in [-0.25, -0.2) is 14.8 Å². The molecule has 3 aromatic heterocycles. The summed E-state index contributed by atoms with van der Waals surface area (Å²) in [4.78, 5) is 18.1. The van der Waals surface area contributed by atoms with Crippen molar-refractivity contribution in [2.45, 2.75) is 12.7 Å². The molecule has 120 valence electrons. The maximum Gasteiger partial charge on any atom is 0.433 e. The van der Waals surface area contributed by atoms with Crippen molar-refractivity contribution in [1.82, 2.24) is 24.6 Å². The normalized spacial score (nSPS) is 11.8. The van der Waals surface area contributed by atoms with Gasteiger partial charge in [0.1, 0.15) is 5.65 Å². The highest BCUT2D eigenvalue weighted by molar-refractivity contribution is 5.85. The van der Waals surface area contributed by atoms with E-state index in [0.29, 0.717) is 5.69 Å². The van der Waals surface area contributed by atoms with E-state index >= 15 is 0 Å². The van der Waals surface area contributed by atoms with E-state index in [1.807, 2.05) is 0 Å². The molecule has 0 aromatic carbocycles. The largest absolute Gasteiger partial charge is 0.476 e. The summed E-state index contributed by atoms with van der Waals surface area (Å²) in [6.45, 7) is 0.0157. The summed E-state index contributed by atoms with van der Waals surface area (Å²) in [7, 11) is 0. The van der Waals surface area contributed by atoms with E-state index < -0.39 is 17.8 Å². The van der Waals surface area contributed by atoms with Crippen molar-refractivity contribution in [3.05, 3.63) is 41.6 Å². The van der Waals surface area contributed by atoms with Crippen molar-refractivity contribution in [1.29, 1.82) is 0 Å². The van der Waals surface area contributed by atoms with Crippen molar-refractivity contribution < 1.29 is 23.1 Å². The maximum absolute atomic E-state index is 12.8. The smallest absolute Gasteiger partial charge is 0.433 e. The molecule has 0 spiro atoms. The van der Waals surface area contributed by atoms with Crippen LogP contribution in [0.4, 0.5) is 19.1 Å². The molecule has 0 aliphatic heterocycles. The molecule has 0 unspecified atom stereocenters. The minimum Gasteiger partial charge on any atom is -0.476 e. The Balaban J connectivity index is 1.89. The Labute approximate surface area is 126 Å². The van der Waals surface area contributed by atoms with Crippen molar-refractivity contribution in [3.8, 4) is 0 Å². The number of aromatic nitrogens is 5. The van der Waals surface area contributed by atoms with Crippen LogP contribution in [0.1, 0.15) is 21.9 Å². The average Bonchev–Trinajstić information content (AvgIpc) is 3.12. The van der Waals surface area contributed by atoms with Crippen molar-refractivity contribution >= 4 is 17.6 Å². The first-order chi connectivity index (χ1) is 10.8. The number of nitrogens with one attached hydrogen (secondary N) is 2. The number of fused-ring (bicyclic) bond motifs is 1. The van der Waals surface area contributed by atoms with Gasteiger partial charge in [-0.1, -0.05) is 0 Å². The maximum atomic E-state index is 12.8. The number of rotatable bonds is 4. The third-order valence-electron chi connectivity index (χ3n) is 2.97. The highest BCUT2D eigenvalue weighted by atomic mass is 19.4. The Bertz CT molecular complexity index is 869. The van der Waals surface area contributed by atoms with Crippen molar-refractivity contribution in [3.63, 3.8) is 0 Å². The van der Waals surface area contributed by atoms with Crippen LogP contribution in [0.2, 0.25) is 0 Å². The first-order valence-corrected chi connectivity index (χ1v) is 6.27. The number of hydrogen-bond donors (Lipinski definition) is 3. The first kappa shape index (κ1) is 14.8. The average molecular weight is 326 g/mol. The number of anilines is 1. The molecule has 0 aliphatic rings. The van der Waals surface area contributed by atoms with Gasteiger partial charge in [0.15, 0.2) is 11.4 Å². The summed E-state index contributed by atoms with van der Waals surface area (Å²) in [5.41, 5.74) is -0.790. The number of alkyl halides is 3. The highest BCUT2D eigenvalue weighted by Gasteiger charge is 2.33. The Morgan fingerprint density at radius 3 is 2.83 bits per heavy atom. The molecule has 0 atom stereocenters. The molecule has 11 heteroatoms. The van der Waals surface area contributed by atoms with Crippen LogP contribution in [0.15, 0.2) is 24.5 Å². The number of nitrogens with zero attached hydrogens (tertiary/aromatic N) is 4. The Hall–Kier alpha value is -3.11. The number of carbonyl (C=O) groups is 1. The van der Waals surface area contributed by atoms with Gasteiger partial charge in [-0.15, -0.1) is 0 Å². The molecule has 3 aromatic rings. The quantitative estimate of drug-likeness (QED) is 0.674. The van der Waals surface area contributed by atoms with Gasteiger partial charge in [-0.2, -0.15) is 18.3 Å². The molecule has 0 bridgehead atoms. The minimum absolute atomic E-state index is 0.0157. The third kappa shape index (κ3) is 2.93. The van der Waals surface area contributed by atoms with Crippen LogP contribution < -0.4 is 5.32 Å². The SMILES string of the molecule is O=C(O)c1cc(CNc2nc(C(F)(F)F)cc3nccn23)[nH]n1. The number of imidazole rings is 1. The lowest BCUT2D eigenvalue weighted by Gasteiger charge is -2.11. The molecule has 0 radical (unpaired) electrons. The summed E-state index contributed by atoms with van der Waals surface area (Å²) in [5, 5.41) is 17.5. The van der Waals surface area contributed by atoms with E-state index in [4.69, 9.17) is 5.11 Å². The number of carboxylic acid groups (broad SMARTS) is 1. The molecule has 3 rings (SSSR count). The van der Waals surface area contributed by atoms with Crippen LogP contribution in [-0.4, -0.2) is 35.6 Å². The monoisotopic (exact) mass is 326 g/mol. The molecule has 0 saturated heterocycles. The highest BCUT2D eigenvalue weighted by Crippen LogP contribution is 2.29. The topological polar surface area (TPSA) is 108 Å². The first-order valence-electron chi connectivity index (χ1n) is 6.27. The standard InChI is InChI=1S/C12H9F3N6O2/c13-12(14,15)8-4-9-16-1-2-21(9)11(18-8)17-5-6-3-7(10(22)23)20-19-6/h1-4H,5H2,(H,17,18)(H,19,20)(H,22,23). The van der Waals surface area contributed by atoms with Crippen LogP contribution in [-0.2, 0) is 12.7 Å². The fraction of sp³-hybridized carbons (Fsp3) is 0.167. The van der Waals surface area contributed by atoms with Gasteiger partial charge in [-0.05, 0) is 6.07 Å². The van der Waals surface area contributed by atoms with E-state index in [9.17, 15) is 18.0 Å². The van der Waals surface area contributed by atoms with E-state index in [2.05, 4.69) is 25.5 Å². The third-order valence-corrected chi connectivity index (χ3v) is 2.97. The summed E-state index contributed by atoms with van der Waals surface area (Å²) < 4.78 is 39.9. The van der Waals surface area contributed by atoms with E-state index in [1.165, 1.54) is 22.9 Å². The molecule has 0 fully saturated rings. The Morgan fingerprint density at radius 2 is 2.17 bits per heavy atom. The van der Waals surface area contributed by atoms with Crippen LogP contribution in [0, 0.1) is 0 Å². The fourth-order valence-corrected chi connectivity index (χ4v) is 1.93. The lowest BCUT2D eigenvalue weighted by atomic mass is 10.3. The predicted octanol–water partition coefficient (Wildman–Crippen LogP) is 1.78. The number of halogens is 3. The van der Waals surface area contributed by atoms with Crippen LogP contribution in [0.5, 0.6) is 0 Å². The van der Waals surface area contributed by atoms with Gasteiger partial charge in [0, 0.05) is 18.5 Å². The number of aromatic amines is 1. The van der Waals surface area contributed by atoms with Crippen LogP contribution in [0.3, 0.4) is 0 Å². The van der Waals surface area contributed by atoms with Crippen LogP contribution in [0.25, 0.3) is 5.65 Å². The molecular weight excluding hydrogens is 317 g/mol. The van der Waals surface area contributed by atoms with Gasteiger partial charge in [0.05, 0.1) is 12.2 Å². The molecule has 23 heavy (non-hydrogen) atoms. The Kier molecular flexibility index (Phi) is 3.39. The zero-order valence-corrected chi connectivity index (χ0v) is 11.3. The van der Waals surface area contributed by atoms with Crippen molar-refractivity contribution in [2.24, 2.45) is 0 Å². The van der Waals surface area contributed by atoms with Gasteiger partial charge < -0.3 is 10.4 Å². The van der Waals surface area contributed by atoms with Gasteiger partial charge in [-0.3, -0.25) is 9.50 Å². The summed E-state index contributed by atoms with van der Waals surface area (Å²) >= 11 is 0. The molecule has 0 amide bonds.